The molecule has 0 bridgehead atoms. The molecule has 0 N–H and O–H groups in total. The average Bonchev–Trinajstić information content (AvgIpc) is 2.39. The van der Waals surface area contributed by atoms with Crippen LogP contribution < -0.4 is 0 Å². The number of unbranched alkanes of at least 4 members (excludes halogenated alkanes) is 1. The van der Waals surface area contributed by atoms with Gasteiger partial charge in [0, 0.05) is 0 Å². The van der Waals surface area contributed by atoms with Crippen LogP contribution in [0.5, 0.6) is 0 Å². The van der Waals surface area contributed by atoms with Crippen molar-refractivity contribution in [2.75, 3.05) is 0 Å². The molecule has 0 unspecified atom stereocenters. The number of hydrogen-bond donors (Lipinski definition) is 0. The van der Waals surface area contributed by atoms with Gasteiger partial charge in [0.25, 0.3) is 0 Å². The van der Waals surface area contributed by atoms with E-state index in [0.29, 0.717) is 0 Å². The predicted molar refractivity (Wildman–Crippen MR) is 85.0 cm³/mol. The third kappa shape index (κ3) is 2.58. The molecule has 1 aliphatic rings. The molecule has 0 heteroatoms. The van der Waals surface area contributed by atoms with E-state index >= 15 is 0 Å². The first kappa shape index (κ1) is 13.9. The summed E-state index contributed by atoms with van der Waals surface area (Å²) in [5.41, 5.74) is 8.80. The lowest BCUT2D eigenvalue weighted by Crippen LogP contribution is -2.13. The van der Waals surface area contributed by atoms with Gasteiger partial charge >= 0.3 is 0 Å². The van der Waals surface area contributed by atoms with Crippen molar-refractivity contribution < 1.29 is 0 Å². The van der Waals surface area contributed by atoms with Crippen LogP contribution in [0.1, 0.15) is 52.5 Å². The number of hydrogen-bond acceptors (Lipinski definition) is 0. The summed E-state index contributed by atoms with van der Waals surface area (Å²) < 4.78 is 0. The van der Waals surface area contributed by atoms with E-state index in [0.717, 1.165) is 0 Å². The Balaban J connectivity index is 2.52. The molecule has 0 spiro atoms. The Kier molecular flexibility index (Phi) is 4.42. The van der Waals surface area contributed by atoms with Gasteiger partial charge in [-0.1, -0.05) is 55.3 Å². The van der Waals surface area contributed by atoms with Gasteiger partial charge in [-0.15, -0.1) is 0 Å². The largest absolute Gasteiger partial charge is 0.0795 e. The molecule has 0 nitrogen and oxygen atoms in total. The first-order chi connectivity index (χ1) is 9.20. The van der Waals surface area contributed by atoms with Gasteiger partial charge < -0.3 is 0 Å². The summed E-state index contributed by atoms with van der Waals surface area (Å²) in [5, 5.41) is 0. The van der Waals surface area contributed by atoms with Gasteiger partial charge in [-0.2, -0.15) is 0 Å². The maximum atomic E-state index is 2.28. The molecule has 0 radical (unpaired) electrons. The number of benzene rings is 1. The smallest absolute Gasteiger partial charge is 0.00679 e. The summed E-state index contributed by atoms with van der Waals surface area (Å²) in [5.74, 6) is 0. The van der Waals surface area contributed by atoms with Crippen molar-refractivity contribution in [2.45, 2.75) is 47.0 Å². The standard InChI is InChI=1S/C19H24/c1-5-7-13-17-16(6-2)18(14(3)4)19(17)15-11-9-8-10-12-15/h6,8-12H,5,7,13H2,1-4H3/b16-6+. The van der Waals surface area contributed by atoms with Crippen molar-refractivity contribution in [1.82, 2.24) is 0 Å². The summed E-state index contributed by atoms with van der Waals surface area (Å²) in [4.78, 5) is 0. The van der Waals surface area contributed by atoms with E-state index in [2.05, 4.69) is 64.1 Å². The van der Waals surface area contributed by atoms with Crippen LogP contribution in [-0.2, 0) is 0 Å². The molecule has 2 rings (SSSR count). The predicted octanol–water partition coefficient (Wildman–Crippen LogP) is 5.93. The lowest BCUT2D eigenvalue weighted by Gasteiger charge is -2.33. The zero-order valence-electron chi connectivity index (χ0n) is 12.6. The second kappa shape index (κ2) is 6.06. The van der Waals surface area contributed by atoms with E-state index in [-0.39, 0.29) is 0 Å². The molecule has 19 heavy (non-hydrogen) atoms. The average molecular weight is 252 g/mol. The van der Waals surface area contributed by atoms with Crippen LogP contribution in [0.2, 0.25) is 0 Å². The van der Waals surface area contributed by atoms with Gasteiger partial charge in [0.2, 0.25) is 0 Å². The minimum absolute atomic E-state index is 1.21. The van der Waals surface area contributed by atoms with Gasteiger partial charge in [0.15, 0.2) is 0 Å². The summed E-state index contributed by atoms with van der Waals surface area (Å²) >= 11 is 0. The normalized spacial score (nSPS) is 16.8. The van der Waals surface area contributed by atoms with E-state index < -0.39 is 0 Å². The van der Waals surface area contributed by atoms with Crippen LogP contribution in [0.4, 0.5) is 0 Å². The molecule has 0 heterocycles. The molecule has 100 valence electrons. The molecular formula is C19H24. The third-order valence-electron chi connectivity index (χ3n) is 3.78. The highest BCUT2D eigenvalue weighted by molar-refractivity contribution is 5.99. The van der Waals surface area contributed by atoms with Crippen molar-refractivity contribution in [3.8, 4) is 0 Å². The lowest BCUT2D eigenvalue weighted by atomic mass is 9.71. The Labute approximate surface area is 117 Å². The van der Waals surface area contributed by atoms with Crippen LogP contribution >= 0.6 is 0 Å². The molecular weight excluding hydrogens is 228 g/mol. The molecule has 0 saturated carbocycles. The van der Waals surface area contributed by atoms with Crippen LogP contribution in [0.3, 0.4) is 0 Å². The van der Waals surface area contributed by atoms with Crippen LogP contribution in [0.15, 0.2) is 58.7 Å². The zero-order chi connectivity index (χ0) is 13.8. The second-order valence-corrected chi connectivity index (χ2v) is 5.40. The molecule has 0 amide bonds. The highest BCUT2D eigenvalue weighted by atomic mass is 14.3. The highest BCUT2D eigenvalue weighted by Gasteiger charge is 2.29. The second-order valence-electron chi connectivity index (χ2n) is 5.40. The zero-order valence-corrected chi connectivity index (χ0v) is 12.6. The number of rotatable bonds is 4. The van der Waals surface area contributed by atoms with Gasteiger partial charge in [0.1, 0.15) is 0 Å². The first-order valence-electron chi connectivity index (χ1n) is 7.34. The fourth-order valence-corrected chi connectivity index (χ4v) is 2.88. The Morgan fingerprint density at radius 3 is 2.32 bits per heavy atom. The molecule has 0 fully saturated rings. The van der Waals surface area contributed by atoms with Gasteiger partial charge in [0.05, 0.1) is 0 Å². The maximum Gasteiger partial charge on any atom is -0.00679 e. The van der Waals surface area contributed by atoms with Crippen molar-refractivity contribution in [2.24, 2.45) is 0 Å². The highest BCUT2D eigenvalue weighted by Crippen LogP contribution is 2.49. The van der Waals surface area contributed by atoms with Gasteiger partial charge in [-0.3, -0.25) is 0 Å². The summed E-state index contributed by atoms with van der Waals surface area (Å²) in [7, 11) is 0. The Bertz CT molecular complexity index is 535. The van der Waals surface area contributed by atoms with E-state index in [9.17, 15) is 0 Å². The van der Waals surface area contributed by atoms with Gasteiger partial charge in [-0.05, 0) is 61.5 Å². The van der Waals surface area contributed by atoms with Gasteiger partial charge in [-0.25, -0.2) is 0 Å². The summed E-state index contributed by atoms with van der Waals surface area (Å²) in [6.07, 6.45) is 6.02. The van der Waals surface area contributed by atoms with E-state index in [1.54, 1.807) is 5.57 Å². The minimum Gasteiger partial charge on any atom is -0.0795 e. The van der Waals surface area contributed by atoms with Crippen molar-refractivity contribution >= 4 is 5.57 Å². The molecule has 1 aromatic rings. The van der Waals surface area contributed by atoms with Crippen molar-refractivity contribution in [3.63, 3.8) is 0 Å². The minimum atomic E-state index is 1.21. The Morgan fingerprint density at radius 1 is 1.11 bits per heavy atom. The molecule has 1 aliphatic carbocycles. The summed E-state index contributed by atoms with van der Waals surface area (Å²) in [6, 6.07) is 10.8. The van der Waals surface area contributed by atoms with E-state index in [1.807, 2.05) is 0 Å². The molecule has 0 atom stereocenters. The number of allylic oxidation sites excluding steroid dienone is 6. The Hall–Kier alpha value is -1.56. The first-order valence-corrected chi connectivity index (χ1v) is 7.34. The SMILES string of the molecule is C/C=C1\C(CCCC)=C(c2ccccc2)C1=C(C)C. The monoisotopic (exact) mass is 252 g/mol. The fraction of sp³-hybridized carbons (Fsp3) is 0.368. The third-order valence-corrected chi connectivity index (χ3v) is 3.78. The summed E-state index contributed by atoms with van der Waals surface area (Å²) in [6.45, 7) is 8.86. The lowest BCUT2D eigenvalue weighted by molar-refractivity contribution is 0.787. The maximum absolute atomic E-state index is 2.28. The quantitative estimate of drug-likeness (QED) is 0.623. The fourth-order valence-electron chi connectivity index (χ4n) is 2.88. The molecule has 0 aliphatic heterocycles. The van der Waals surface area contributed by atoms with Crippen LogP contribution in [0.25, 0.3) is 5.57 Å². The Morgan fingerprint density at radius 2 is 1.79 bits per heavy atom. The molecule has 1 aromatic carbocycles. The van der Waals surface area contributed by atoms with Crippen molar-refractivity contribution in [1.29, 1.82) is 0 Å². The van der Waals surface area contributed by atoms with Crippen molar-refractivity contribution in [3.05, 3.63) is 64.3 Å². The van der Waals surface area contributed by atoms with E-state index in [1.165, 1.54) is 47.1 Å². The topological polar surface area (TPSA) is 0 Å². The molecule has 0 aromatic heterocycles. The van der Waals surface area contributed by atoms with E-state index in [4.69, 9.17) is 0 Å². The van der Waals surface area contributed by atoms with Crippen LogP contribution in [-0.4, -0.2) is 0 Å². The molecule has 0 saturated heterocycles. The van der Waals surface area contributed by atoms with Crippen LogP contribution in [0, 0.1) is 0 Å².